The summed E-state index contributed by atoms with van der Waals surface area (Å²) < 4.78 is 5.53. The highest BCUT2D eigenvalue weighted by Crippen LogP contribution is 2.32. The first-order valence-electron chi connectivity index (χ1n) is 6.19. The Labute approximate surface area is 132 Å². The summed E-state index contributed by atoms with van der Waals surface area (Å²) in [5, 5.41) is 0. The molecule has 1 fully saturated rings. The monoisotopic (exact) mass is 322 g/mol. The molecule has 21 heavy (non-hydrogen) atoms. The number of hydrogen-bond donors (Lipinski definition) is 1. The number of primary amides is 1. The van der Waals surface area contributed by atoms with Gasteiger partial charge in [-0.05, 0) is 23.8 Å². The predicted molar refractivity (Wildman–Crippen MR) is 86.7 cm³/mol. The van der Waals surface area contributed by atoms with Crippen molar-refractivity contribution in [3.8, 4) is 5.75 Å². The molecule has 0 atom stereocenters. The normalized spacial score (nSPS) is 16.6. The fourth-order valence-electron chi connectivity index (χ4n) is 1.77. The Morgan fingerprint density at radius 3 is 2.67 bits per heavy atom. The molecule has 0 bridgehead atoms. The molecular formula is C14H14N2O3S2. The molecule has 1 heterocycles. The zero-order chi connectivity index (χ0) is 15.4. The highest BCUT2D eigenvalue weighted by molar-refractivity contribution is 8.26. The van der Waals surface area contributed by atoms with Gasteiger partial charge in [-0.15, -0.1) is 0 Å². The largest absolute Gasteiger partial charge is 0.497 e. The van der Waals surface area contributed by atoms with E-state index in [1.807, 2.05) is 24.3 Å². The molecule has 0 aliphatic carbocycles. The van der Waals surface area contributed by atoms with Crippen LogP contribution in [-0.2, 0) is 9.59 Å². The molecule has 110 valence electrons. The fraction of sp³-hybridized carbons (Fsp3) is 0.214. The molecule has 1 aliphatic rings. The third-order valence-electron chi connectivity index (χ3n) is 2.87. The van der Waals surface area contributed by atoms with E-state index in [1.165, 1.54) is 16.7 Å². The van der Waals surface area contributed by atoms with E-state index in [-0.39, 0.29) is 18.9 Å². The Balaban J connectivity index is 2.13. The van der Waals surface area contributed by atoms with Gasteiger partial charge >= 0.3 is 0 Å². The van der Waals surface area contributed by atoms with E-state index in [0.29, 0.717) is 9.23 Å². The molecule has 0 aromatic heterocycles. The summed E-state index contributed by atoms with van der Waals surface area (Å²) >= 11 is 6.38. The number of benzene rings is 1. The maximum Gasteiger partial charge on any atom is 0.266 e. The average molecular weight is 322 g/mol. The van der Waals surface area contributed by atoms with Crippen LogP contribution in [0.1, 0.15) is 12.0 Å². The van der Waals surface area contributed by atoms with Crippen molar-refractivity contribution in [1.82, 2.24) is 4.90 Å². The van der Waals surface area contributed by atoms with E-state index in [4.69, 9.17) is 22.7 Å². The number of nitrogens with zero attached hydrogens (tertiary/aromatic N) is 1. The summed E-state index contributed by atoms with van der Waals surface area (Å²) in [7, 11) is 1.60. The summed E-state index contributed by atoms with van der Waals surface area (Å²) in [4.78, 5) is 25.0. The number of nitrogens with two attached hydrogens (primary N) is 1. The van der Waals surface area contributed by atoms with E-state index < -0.39 is 5.91 Å². The standard InChI is InChI=1S/C14H14N2O3S2/c1-19-10-4-2-9(3-5-10)8-11-13(18)16(14(20)21-11)7-6-12(15)17/h2-5,8H,6-7H2,1H3,(H2,15,17). The smallest absolute Gasteiger partial charge is 0.266 e. The zero-order valence-corrected chi connectivity index (χ0v) is 13.0. The number of thiocarbonyl (C=S) groups is 1. The van der Waals surface area contributed by atoms with Crippen LogP contribution in [0.4, 0.5) is 0 Å². The van der Waals surface area contributed by atoms with Crippen molar-refractivity contribution in [2.45, 2.75) is 6.42 Å². The van der Waals surface area contributed by atoms with Gasteiger partial charge in [-0.2, -0.15) is 0 Å². The van der Waals surface area contributed by atoms with Gasteiger partial charge in [-0.3, -0.25) is 14.5 Å². The van der Waals surface area contributed by atoms with Crippen molar-refractivity contribution in [2.24, 2.45) is 5.73 Å². The lowest BCUT2D eigenvalue weighted by Gasteiger charge is -2.12. The third-order valence-corrected chi connectivity index (χ3v) is 4.25. The number of hydrogen-bond acceptors (Lipinski definition) is 5. The maximum atomic E-state index is 12.2. The van der Waals surface area contributed by atoms with Crippen LogP contribution in [0.5, 0.6) is 5.75 Å². The van der Waals surface area contributed by atoms with Crippen LogP contribution in [-0.4, -0.2) is 34.7 Å². The van der Waals surface area contributed by atoms with Gasteiger partial charge in [0.25, 0.3) is 5.91 Å². The minimum absolute atomic E-state index is 0.0995. The average Bonchev–Trinajstić information content (AvgIpc) is 2.72. The molecule has 7 heteroatoms. The first kappa shape index (κ1) is 15.5. The molecule has 0 radical (unpaired) electrons. The lowest BCUT2D eigenvalue weighted by atomic mass is 10.2. The van der Waals surface area contributed by atoms with Crippen LogP contribution < -0.4 is 10.5 Å². The quantitative estimate of drug-likeness (QED) is 0.661. The molecule has 0 spiro atoms. The second kappa shape index (κ2) is 6.73. The van der Waals surface area contributed by atoms with Crippen molar-refractivity contribution >= 4 is 46.2 Å². The number of methoxy groups -OCH3 is 1. The lowest BCUT2D eigenvalue weighted by Crippen LogP contribution is -2.31. The minimum atomic E-state index is -0.455. The summed E-state index contributed by atoms with van der Waals surface area (Å²) in [6, 6.07) is 7.35. The van der Waals surface area contributed by atoms with Crippen molar-refractivity contribution in [3.63, 3.8) is 0 Å². The molecule has 1 aliphatic heterocycles. The number of carbonyl (C=O) groups is 2. The molecule has 2 rings (SSSR count). The second-order valence-corrected chi connectivity index (χ2v) is 6.00. The summed E-state index contributed by atoms with van der Waals surface area (Å²) in [5.41, 5.74) is 5.97. The SMILES string of the molecule is COc1ccc(C=C2SC(=S)N(CCC(N)=O)C2=O)cc1. The number of thioether (sulfide) groups is 1. The number of rotatable bonds is 5. The molecule has 1 saturated heterocycles. The molecule has 2 N–H and O–H groups in total. The minimum Gasteiger partial charge on any atom is -0.497 e. The second-order valence-electron chi connectivity index (χ2n) is 4.32. The van der Waals surface area contributed by atoms with Gasteiger partial charge < -0.3 is 10.5 Å². The zero-order valence-electron chi connectivity index (χ0n) is 11.4. The summed E-state index contributed by atoms with van der Waals surface area (Å²) in [6.45, 7) is 0.222. The van der Waals surface area contributed by atoms with Crippen LogP contribution in [0.2, 0.25) is 0 Å². The fourth-order valence-corrected chi connectivity index (χ4v) is 3.07. The van der Waals surface area contributed by atoms with Crippen LogP contribution in [0.15, 0.2) is 29.2 Å². The van der Waals surface area contributed by atoms with Crippen molar-refractivity contribution in [3.05, 3.63) is 34.7 Å². The lowest BCUT2D eigenvalue weighted by molar-refractivity contribution is -0.123. The van der Waals surface area contributed by atoms with Gasteiger partial charge in [-0.1, -0.05) is 36.1 Å². The van der Waals surface area contributed by atoms with Gasteiger partial charge in [0, 0.05) is 13.0 Å². The first-order valence-corrected chi connectivity index (χ1v) is 7.41. The van der Waals surface area contributed by atoms with Gasteiger partial charge in [0.05, 0.1) is 12.0 Å². The van der Waals surface area contributed by atoms with Gasteiger partial charge in [0.1, 0.15) is 10.1 Å². The Kier molecular flexibility index (Phi) is 4.98. The van der Waals surface area contributed by atoms with E-state index >= 15 is 0 Å². The molecule has 0 unspecified atom stereocenters. The van der Waals surface area contributed by atoms with E-state index in [9.17, 15) is 9.59 Å². The van der Waals surface area contributed by atoms with Crippen LogP contribution in [0.3, 0.4) is 0 Å². The topological polar surface area (TPSA) is 72.6 Å². The van der Waals surface area contributed by atoms with Gasteiger partial charge in [0.15, 0.2) is 0 Å². The maximum absolute atomic E-state index is 12.2. The third kappa shape index (κ3) is 3.83. The Morgan fingerprint density at radius 1 is 1.43 bits per heavy atom. The highest BCUT2D eigenvalue weighted by Gasteiger charge is 2.31. The molecule has 5 nitrogen and oxygen atoms in total. The van der Waals surface area contributed by atoms with Crippen molar-refractivity contribution in [1.29, 1.82) is 0 Å². The predicted octanol–water partition coefficient (Wildman–Crippen LogP) is 1.77. The van der Waals surface area contributed by atoms with Crippen LogP contribution in [0, 0.1) is 0 Å². The number of ether oxygens (including phenoxy) is 1. The molecule has 0 saturated carbocycles. The Morgan fingerprint density at radius 2 is 2.10 bits per heavy atom. The van der Waals surface area contributed by atoms with Crippen LogP contribution >= 0.6 is 24.0 Å². The molecule has 2 amide bonds. The van der Waals surface area contributed by atoms with Crippen molar-refractivity contribution in [2.75, 3.05) is 13.7 Å². The van der Waals surface area contributed by atoms with Crippen molar-refractivity contribution < 1.29 is 14.3 Å². The summed E-state index contributed by atoms with van der Waals surface area (Å²) in [5.74, 6) is 0.103. The molecule has 1 aromatic carbocycles. The van der Waals surface area contributed by atoms with E-state index in [0.717, 1.165) is 11.3 Å². The Hall–Kier alpha value is -1.86. The van der Waals surface area contributed by atoms with E-state index in [2.05, 4.69) is 0 Å². The first-order chi connectivity index (χ1) is 10.0. The van der Waals surface area contributed by atoms with Gasteiger partial charge in [0.2, 0.25) is 5.91 Å². The van der Waals surface area contributed by atoms with Crippen LogP contribution in [0.25, 0.3) is 6.08 Å². The Bertz CT molecular complexity index is 611. The van der Waals surface area contributed by atoms with E-state index in [1.54, 1.807) is 13.2 Å². The molecular weight excluding hydrogens is 308 g/mol. The van der Waals surface area contributed by atoms with Gasteiger partial charge in [-0.25, -0.2) is 0 Å². The highest BCUT2D eigenvalue weighted by atomic mass is 32.2. The molecule has 1 aromatic rings. The number of amides is 2. The summed E-state index contributed by atoms with van der Waals surface area (Å²) in [6.07, 6.45) is 1.87. The number of carbonyl (C=O) groups excluding carboxylic acids is 2.